The molecule has 0 radical (unpaired) electrons. The quantitative estimate of drug-likeness (QED) is 0.925. The van der Waals surface area contributed by atoms with E-state index in [1.54, 1.807) is 20.0 Å². The minimum absolute atomic E-state index is 0.163. The summed E-state index contributed by atoms with van der Waals surface area (Å²) in [6.45, 7) is 5.37. The van der Waals surface area contributed by atoms with Gasteiger partial charge in [-0.1, -0.05) is 0 Å². The van der Waals surface area contributed by atoms with Crippen LogP contribution in [0.2, 0.25) is 0 Å². The summed E-state index contributed by atoms with van der Waals surface area (Å²) < 4.78 is 28.5. The molecule has 0 aliphatic carbocycles. The number of aromatic nitrogens is 3. The van der Waals surface area contributed by atoms with Gasteiger partial charge in [0.2, 0.25) is 0 Å². The summed E-state index contributed by atoms with van der Waals surface area (Å²) in [6.07, 6.45) is 1.47. The fraction of sp³-hybridized carbons (Fsp3) is 0.333. The van der Waals surface area contributed by atoms with Crippen molar-refractivity contribution in [3.05, 3.63) is 35.3 Å². The summed E-state index contributed by atoms with van der Waals surface area (Å²) in [5.74, 6) is 0.320. The van der Waals surface area contributed by atoms with E-state index in [0.29, 0.717) is 11.5 Å². The lowest BCUT2D eigenvalue weighted by Crippen LogP contribution is -2.14. The van der Waals surface area contributed by atoms with Crippen molar-refractivity contribution < 1.29 is 8.42 Å². The molecule has 0 atom stereocenters. The van der Waals surface area contributed by atoms with E-state index in [0.717, 1.165) is 11.3 Å². The zero-order valence-electron chi connectivity index (χ0n) is 11.3. The molecule has 6 nitrogen and oxygen atoms in total. The molecule has 0 spiro atoms. The van der Waals surface area contributed by atoms with Crippen molar-refractivity contribution in [2.45, 2.75) is 25.7 Å². The first-order chi connectivity index (χ1) is 8.78. The second-order valence-electron chi connectivity index (χ2n) is 4.53. The average Bonchev–Trinajstić information content (AvgIpc) is 2.56. The Morgan fingerprint density at radius 1 is 1.21 bits per heavy atom. The lowest BCUT2D eigenvalue weighted by molar-refractivity contribution is 0.600. The van der Waals surface area contributed by atoms with Crippen LogP contribution in [0.1, 0.15) is 17.0 Å². The van der Waals surface area contributed by atoms with Crippen LogP contribution in [-0.2, 0) is 17.1 Å². The minimum atomic E-state index is -3.65. The second-order valence-corrected chi connectivity index (χ2v) is 6.18. The van der Waals surface area contributed by atoms with E-state index >= 15 is 0 Å². The third-order valence-electron chi connectivity index (χ3n) is 2.59. The molecule has 0 aliphatic rings. The van der Waals surface area contributed by atoms with Crippen molar-refractivity contribution in [3.8, 4) is 0 Å². The molecular formula is C12H16N4O2S. The van der Waals surface area contributed by atoms with Crippen LogP contribution in [0.3, 0.4) is 0 Å². The molecule has 0 saturated carbocycles. The third kappa shape index (κ3) is 2.93. The highest BCUT2D eigenvalue weighted by Gasteiger charge is 2.20. The van der Waals surface area contributed by atoms with Gasteiger partial charge < -0.3 is 0 Å². The van der Waals surface area contributed by atoms with Crippen molar-refractivity contribution >= 4 is 15.8 Å². The van der Waals surface area contributed by atoms with Gasteiger partial charge in [0, 0.05) is 18.9 Å². The van der Waals surface area contributed by atoms with Gasteiger partial charge in [-0.3, -0.25) is 9.40 Å². The molecule has 0 aliphatic heterocycles. The van der Waals surface area contributed by atoms with Gasteiger partial charge in [-0.25, -0.2) is 13.4 Å². The molecule has 0 aromatic carbocycles. The fourth-order valence-corrected chi connectivity index (χ4v) is 3.14. The van der Waals surface area contributed by atoms with E-state index in [1.807, 2.05) is 19.9 Å². The maximum Gasteiger partial charge on any atom is 0.266 e. The second kappa shape index (κ2) is 4.65. The maximum atomic E-state index is 12.3. The van der Waals surface area contributed by atoms with Gasteiger partial charge in [-0.15, -0.1) is 0 Å². The highest BCUT2D eigenvalue weighted by atomic mass is 32.2. The predicted octanol–water partition coefficient (Wildman–Crippen LogP) is 1.54. The molecule has 1 N–H and O–H groups in total. The summed E-state index contributed by atoms with van der Waals surface area (Å²) in [4.78, 5) is 4.33. The van der Waals surface area contributed by atoms with Gasteiger partial charge in [-0.2, -0.15) is 5.10 Å². The molecule has 19 heavy (non-hydrogen) atoms. The molecule has 2 aromatic heterocycles. The number of pyridine rings is 1. The molecule has 0 amide bonds. The predicted molar refractivity (Wildman–Crippen MR) is 72.5 cm³/mol. The molecule has 0 saturated heterocycles. The average molecular weight is 280 g/mol. The molecule has 2 heterocycles. The first kappa shape index (κ1) is 13.5. The Labute approximate surface area is 112 Å². The Kier molecular flexibility index (Phi) is 3.32. The summed E-state index contributed by atoms with van der Waals surface area (Å²) in [6, 6.07) is 3.57. The molecule has 102 valence electrons. The number of sulfonamides is 1. The van der Waals surface area contributed by atoms with Crippen LogP contribution >= 0.6 is 0 Å². The van der Waals surface area contributed by atoms with Gasteiger partial charge in [-0.05, 0) is 38.5 Å². The molecule has 2 aromatic rings. The largest absolute Gasteiger partial charge is 0.274 e. The number of hydrogen-bond acceptors (Lipinski definition) is 4. The van der Waals surface area contributed by atoms with Crippen molar-refractivity contribution in [1.82, 2.24) is 14.8 Å². The Morgan fingerprint density at radius 3 is 2.42 bits per heavy atom. The van der Waals surface area contributed by atoms with Crippen molar-refractivity contribution in [3.63, 3.8) is 0 Å². The summed E-state index contributed by atoms with van der Waals surface area (Å²) in [5.41, 5.74) is 2.17. The van der Waals surface area contributed by atoms with E-state index in [2.05, 4.69) is 14.8 Å². The molecule has 2 rings (SSSR count). The SMILES string of the molecule is Cc1cc(C)nc(NS(=O)(=O)c2cn(C)nc2C)c1. The molecule has 0 bridgehead atoms. The van der Waals surface area contributed by atoms with Gasteiger partial charge in [0.15, 0.2) is 0 Å². The topological polar surface area (TPSA) is 76.9 Å². The van der Waals surface area contributed by atoms with Crippen LogP contribution in [0.4, 0.5) is 5.82 Å². The van der Waals surface area contributed by atoms with Gasteiger partial charge in [0.1, 0.15) is 10.7 Å². The fourth-order valence-electron chi connectivity index (χ4n) is 1.93. The number of hydrogen-bond donors (Lipinski definition) is 1. The highest BCUT2D eigenvalue weighted by molar-refractivity contribution is 7.92. The summed E-state index contributed by atoms with van der Waals surface area (Å²) >= 11 is 0. The third-order valence-corrected chi connectivity index (χ3v) is 4.05. The Balaban J connectivity index is 2.39. The van der Waals surface area contributed by atoms with Gasteiger partial charge >= 0.3 is 0 Å². The van der Waals surface area contributed by atoms with Gasteiger partial charge in [0.05, 0.1) is 5.69 Å². The van der Waals surface area contributed by atoms with Crippen LogP contribution < -0.4 is 4.72 Å². The van der Waals surface area contributed by atoms with Crippen LogP contribution in [0.5, 0.6) is 0 Å². The van der Waals surface area contributed by atoms with E-state index in [1.165, 1.54) is 10.9 Å². The van der Waals surface area contributed by atoms with Crippen molar-refractivity contribution in [1.29, 1.82) is 0 Å². The normalized spacial score (nSPS) is 11.6. The summed E-state index contributed by atoms with van der Waals surface area (Å²) in [5, 5.41) is 4.03. The number of nitrogens with one attached hydrogen (secondary N) is 1. The molecule has 7 heteroatoms. The smallest absolute Gasteiger partial charge is 0.266 e. The Bertz CT molecular complexity index is 699. The summed E-state index contributed by atoms with van der Waals surface area (Å²) in [7, 11) is -1.97. The number of aryl methyl sites for hydroxylation is 4. The molecular weight excluding hydrogens is 264 g/mol. The van der Waals surface area contributed by atoms with E-state index in [4.69, 9.17) is 0 Å². The van der Waals surface area contributed by atoms with E-state index in [9.17, 15) is 8.42 Å². The Hall–Kier alpha value is -1.89. The van der Waals surface area contributed by atoms with Gasteiger partial charge in [0.25, 0.3) is 10.0 Å². The number of nitrogens with zero attached hydrogens (tertiary/aromatic N) is 3. The standard InChI is InChI=1S/C12H16N4O2S/c1-8-5-9(2)13-12(6-8)15-19(17,18)11-7-16(4)14-10(11)3/h5-7H,1-4H3,(H,13,15). The van der Waals surface area contributed by atoms with Crippen LogP contribution in [0.25, 0.3) is 0 Å². The number of anilines is 1. The minimum Gasteiger partial charge on any atom is -0.274 e. The van der Waals surface area contributed by atoms with Crippen LogP contribution in [0, 0.1) is 20.8 Å². The van der Waals surface area contributed by atoms with Crippen molar-refractivity contribution in [2.75, 3.05) is 4.72 Å². The Morgan fingerprint density at radius 2 is 1.89 bits per heavy atom. The molecule has 0 unspecified atom stereocenters. The highest BCUT2D eigenvalue weighted by Crippen LogP contribution is 2.18. The zero-order chi connectivity index (χ0) is 14.2. The lowest BCUT2D eigenvalue weighted by Gasteiger charge is -2.07. The first-order valence-electron chi connectivity index (χ1n) is 5.76. The zero-order valence-corrected chi connectivity index (χ0v) is 12.1. The van der Waals surface area contributed by atoms with E-state index in [-0.39, 0.29) is 4.90 Å². The first-order valence-corrected chi connectivity index (χ1v) is 7.24. The lowest BCUT2D eigenvalue weighted by atomic mass is 10.2. The maximum absolute atomic E-state index is 12.3. The van der Waals surface area contributed by atoms with Crippen molar-refractivity contribution in [2.24, 2.45) is 7.05 Å². The van der Waals surface area contributed by atoms with Crippen LogP contribution in [0.15, 0.2) is 23.2 Å². The van der Waals surface area contributed by atoms with Crippen LogP contribution in [-0.4, -0.2) is 23.2 Å². The monoisotopic (exact) mass is 280 g/mol. The molecule has 0 fully saturated rings. The van der Waals surface area contributed by atoms with E-state index < -0.39 is 10.0 Å². The number of rotatable bonds is 3.